The van der Waals surface area contributed by atoms with Crippen LogP contribution in [0.5, 0.6) is 0 Å². The summed E-state index contributed by atoms with van der Waals surface area (Å²) in [4.78, 5) is 0.532. The van der Waals surface area contributed by atoms with Gasteiger partial charge in [0.15, 0.2) is 9.84 Å². The van der Waals surface area contributed by atoms with Crippen molar-refractivity contribution in [2.24, 2.45) is 0 Å². The summed E-state index contributed by atoms with van der Waals surface area (Å²) < 4.78 is 22.8. The molecule has 0 fully saturated rings. The van der Waals surface area contributed by atoms with Gasteiger partial charge in [-0.05, 0) is 12.8 Å². The van der Waals surface area contributed by atoms with Gasteiger partial charge in [-0.3, -0.25) is 0 Å². The fourth-order valence-corrected chi connectivity index (χ4v) is 2.37. The Bertz CT molecular complexity index is 260. The topological polar surface area (TPSA) is 34.1 Å². The molecule has 0 aliphatic heterocycles. The van der Waals surface area contributed by atoms with Gasteiger partial charge in [0.25, 0.3) is 0 Å². The van der Waals surface area contributed by atoms with Crippen LogP contribution in [-0.4, -0.2) is 14.2 Å². The summed E-state index contributed by atoms with van der Waals surface area (Å²) in [6, 6.07) is 0. The third-order valence-electron chi connectivity index (χ3n) is 1.52. The smallest absolute Gasteiger partial charge is 0.177 e. The highest BCUT2D eigenvalue weighted by Gasteiger charge is 2.12. The van der Waals surface area contributed by atoms with Crippen molar-refractivity contribution in [3.63, 3.8) is 0 Å². The molecule has 0 rings (SSSR count). The number of hydrogen-bond acceptors (Lipinski definition) is 2. The second-order valence-electron chi connectivity index (χ2n) is 2.50. The van der Waals surface area contributed by atoms with E-state index in [1.54, 1.807) is 6.08 Å². The molecule has 0 atom stereocenters. The highest BCUT2D eigenvalue weighted by atomic mass is 32.2. The number of allylic oxidation sites excluding steroid dienone is 2. The maximum Gasteiger partial charge on any atom is 0.177 e. The Hall–Kier alpha value is -0.570. The van der Waals surface area contributed by atoms with E-state index in [0.29, 0.717) is 11.3 Å². The average Bonchev–Trinajstić information content (AvgIpc) is 1.99. The second kappa shape index (κ2) is 5.14. The van der Waals surface area contributed by atoms with E-state index in [0.717, 1.165) is 6.42 Å². The molecule has 0 unspecified atom stereocenters. The SMILES string of the molecule is C=CCS(=O)(=O)/C(=C/CC)CC. The molecule has 2 nitrogen and oxygen atoms in total. The van der Waals surface area contributed by atoms with E-state index in [2.05, 4.69) is 6.58 Å². The van der Waals surface area contributed by atoms with Crippen LogP contribution in [0.4, 0.5) is 0 Å². The maximum atomic E-state index is 11.4. The Balaban J connectivity index is 4.72. The number of sulfone groups is 1. The Kier molecular flexibility index (Phi) is 4.90. The zero-order valence-electron chi connectivity index (χ0n) is 7.71. The van der Waals surface area contributed by atoms with E-state index in [9.17, 15) is 8.42 Å². The Morgan fingerprint density at radius 1 is 1.42 bits per heavy atom. The molecule has 0 amide bonds. The standard InChI is InChI=1S/C9H16O2S/c1-4-7-9(6-3)12(10,11)8-5-2/h5,7H,2,4,6,8H2,1,3H3/b9-7+. The molecule has 0 aromatic rings. The van der Waals surface area contributed by atoms with Gasteiger partial charge < -0.3 is 0 Å². The summed E-state index contributed by atoms with van der Waals surface area (Å²) >= 11 is 0. The summed E-state index contributed by atoms with van der Waals surface area (Å²) in [5, 5.41) is 0. The van der Waals surface area contributed by atoms with Crippen molar-refractivity contribution < 1.29 is 8.42 Å². The molecule has 0 bridgehead atoms. The third kappa shape index (κ3) is 3.22. The van der Waals surface area contributed by atoms with Crippen LogP contribution in [0.25, 0.3) is 0 Å². The lowest BCUT2D eigenvalue weighted by atomic mass is 10.3. The van der Waals surface area contributed by atoms with Gasteiger partial charge >= 0.3 is 0 Å². The van der Waals surface area contributed by atoms with E-state index < -0.39 is 9.84 Å². The van der Waals surface area contributed by atoms with E-state index >= 15 is 0 Å². The van der Waals surface area contributed by atoms with Gasteiger partial charge in [-0.2, -0.15) is 0 Å². The van der Waals surface area contributed by atoms with Crippen LogP contribution in [0.2, 0.25) is 0 Å². The molecule has 0 saturated heterocycles. The van der Waals surface area contributed by atoms with Crippen molar-refractivity contribution in [1.29, 1.82) is 0 Å². The van der Waals surface area contributed by atoms with Gasteiger partial charge in [-0.1, -0.05) is 26.0 Å². The molecule has 3 heteroatoms. The largest absolute Gasteiger partial charge is 0.224 e. The summed E-state index contributed by atoms with van der Waals surface area (Å²) in [5.74, 6) is 0.0483. The van der Waals surface area contributed by atoms with E-state index in [1.807, 2.05) is 13.8 Å². The zero-order valence-corrected chi connectivity index (χ0v) is 8.52. The van der Waals surface area contributed by atoms with E-state index in [1.165, 1.54) is 6.08 Å². The van der Waals surface area contributed by atoms with Crippen LogP contribution in [0, 0.1) is 0 Å². The van der Waals surface area contributed by atoms with Gasteiger partial charge in [0, 0.05) is 4.91 Å². The number of hydrogen-bond donors (Lipinski definition) is 0. The quantitative estimate of drug-likeness (QED) is 0.620. The first-order valence-corrected chi connectivity index (χ1v) is 5.76. The zero-order chi connectivity index (χ0) is 9.61. The monoisotopic (exact) mass is 188 g/mol. The molecule has 70 valence electrons. The van der Waals surface area contributed by atoms with Crippen molar-refractivity contribution >= 4 is 9.84 Å². The molecule has 0 heterocycles. The molecular formula is C9H16O2S. The molecule has 0 aliphatic rings. The highest BCUT2D eigenvalue weighted by Crippen LogP contribution is 2.12. The lowest BCUT2D eigenvalue weighted by molar-refractivity contribution is 0.603. The third-order valence-corrected chi connectivity index (χ3v) is 3.45. The van der Waals surface area contributed by atoms with E-state index in [4.69, 9.17) is 0 Å². The van der Waals surface area contributed by atoms with Crippen molar-refractivity contribution in [3.05, 3.63) is 23.6 Å². The summed E-state index contributed by atoms with van der Waals surface area (Å²) in [7, 11) is -3.04. The lowest BCUT2D eigenvalue weighted by Gasteiger charge is -2.03. The molecule has 0 N–H and O–H groups in total. The average molecular weight is 188 g/mol. The van der Waals surface area contributed by atoms with Crippen molar-refractivity contribution in [3.8, 4) is 0 Å². The van der Waals surface area contributed by atoms with Crippen LogP contribution in [0.3, 0.4) is 0 Å². The minimum absolute atomic E-state index is 0.0483. The lowest BCUT2D eigenvalue weighted by Crippen LogP contribution is -2.06. The molecule has 0 spiro atoms. The van der Waals surface area contributed by atoms with Crippen molar-refractivity contribution in [2.45, 2.75) is 26.7 Å². The first kappa shape index (κ1) is 11.4. The Morgan fingerprint density at radius 3 is 2.33 bits per heavy atom. The molecule has 0 radical (unpaired) electrons. The second-order valence-corrected chi connectivity index (χ2v) is 4.59. The fourth-order valence-electron chi connectivity index (χ4n) is 0.981. The molecular weight excluding hydrogens is 172 g/mol. The van der Waals surface area contributed by atoms with Gasteiger partial charge in [-0.25, -0.2) is 8.42 Å². The summed E-state index contributed by atoms with van der Waals surface area (Å²) in [6.45, 7) is 7.20. The van der Waals surface area contributed by atoms with Gasteiger partial charge in [-0.15, -0.1) is 6.58 Å². The minimum Gasteiger partial charge on any atom is -0.224 e. The maximum absolute atomic E-state index is 11.4. The molecule has 0 aromatic heterocycles. The van der Waals surface area contributed by atoms with Crippen molar-refractivity contribution in [2.75, 3.05) is 5.75 Å². The molecule has 0 saturated carbocycles. The Labute approximate surface area is 74.9 Å². The Morgan fingerprint density at radius 2 is 2.00 bits per heavy atom. The van der Waals surface area contributed by atoms with Crippen LogP contribution < -0.4 is 0 Å². The molecule has 12 heavy (non-hydrogen) atoms. The fraction of sp³-hybridized carbons (Fsp3) is 0.556. The first-order valence-electron chi connectivity index (χ1n) is 4.11. The summed E-state index contributed by atoms with van der Waals surface area (Å²) in [5.41, 5.74) is 0. The predicted octanol–water partition coefficient (Wildman–Crippen LogP) is 2.29. The molecule has 0 aliphatic carbocycles. The van der Waals surface area contributed by atoms with Crippen molar-refractivity contribution in [1.82, 2.24) is 0 Å². The van der Waals surface area contributed by atoms with Gasteiger partial charge in [0.2, 0.25) is 0 Å². The first-order chi connectivity index (χ1) is 5.58. The normalized spacial score (nSPS) is 13.0. The predicted molar refractivity (Wildman–Crippen MR) is 52.6 cm³/mol. The van der Waals surface area contributed by atoms with Crippen LogP contribution >= 0.6 is 0 Å². The number of rotatable bonds is 5. The van der Waals surface area contributed by atoms with Gasteiger partial charge in [0.1, 0.15) is 0 Å². The van der Waals surface area contributed by atoms with Crippen LogP contribution in [-0.2, 0) is 9.84 Å². The minimum atomic E-state index is -3.04. The van der Waals surface area contributed by atoms with E-state index in [-0.39, 0.29) is 5.75 Å². The highest BCUT2D eigenvalue weighted by molar-refractivity contribution is 7.95. The summed E-state index contributed by atoms with van der Waals surface area (Å²) in [6.07, 6.45) is 4.52. The van der Waals surface area contributed by atoms with Crippen LogP contribution in [0.1, 0.15) is 26.7 Å². The van der Waals surface area contributed by atoms with Gasteiger partial charge in [0.05, 0.1) is 5.75 Å². The van der Waals surface area contributed by atoms with Crippen LogP contribution in [0.15, 0.2) is 23.6 Å². The molecule has 0 aromatic carbocycles.